The van der Waals surface area contributed by atoms with Gasteiger partial charge in [-0.1, -0.05) is 17.7 Å². The Hall–Kier alpha value is -2.05. The van der Waals surface area contributed by atoms with E-state index in [9.17, 15) is 9.90 Å². The van der Waals surface area contributed by atoms with Gasteiger partial charge in [-0.25, -0.2) is 5.43 Å². The molecule has 0 bridgehead atoms. The van der Waals surface area contributed by atoms with Crippen LogP contribution < -0.4 is 10.2 Å². The number of ether oxygens (including phenoxy) is 1. The highest BCUT2D eigenvalue weighted by atomic mass is 79.9. The van der Waals surface area contributed by atoms with Crippen LogP contribution in [0.4, 0.5) is 0 Å². The summed E-state index contributed by atoms with van der Waals surface area (Å²) in [4.78, 5) is 12.2. The Balaban J connectivity index is 2.17. The predicted octanol–water partition coefficient (Wildman–Crippen LogP) is 3.89. The number of carbonyl (C=O) groups excluding carboxylic acids is 1. The average Bonchev–Trinajstić information content (AvgIpc) is 2.52. The lowest BCUT2D eigenvalue weighted by molar-refractivity contribution is 0.0954. The smallest absolute Gasteiger partial charge is 0.271 e. The van der Waals surface area contributed by atoms with Gasteiger partial charge >= 0.3 is 0 Å². The lowest BCUT2D eigenvalue weighted by atomic mass is 10.1. The molecule has 0 aromatic heterocycles. The van der Waals surface area contributed by atoms with E-state index in [4.69, 9.17) is 16.3 Å². The van der Waals surface area contributed by atoms with Crippen LogP contribution in [0.1, 0.15) is 21.5 Å². The maximum Gasteiger partial charge on any atom is 0.271 e. The number of hydrogen-bond donors (Lipinski definition) is 2. The lowest BCUT2D eigenvalue weighted by Crippen LogP contribution is -2.19. The van der Waals surface area contributed by atoms with Crippen molar-refractivity contribution < 1.29 is 14.6 Å². The van der Waals surface area contributed by atoms with Gasteiger partial charge in [-0.3, -0.25) is 4.79 Å². The Morgan fingerprint density at radius 2 is 2.17 bits per heavy atom. The second kappa shape index (κ2) is 7.48. The van der Waals surface area contributed by atoms with Gasteiger partial charge in [0.05, 0.1) is 17.8 Å². The van der Waals surface area contributed by atoms with Crippen LogP contribution in [0, 0.1) is 6.92 Å². The van der Waals surface area contributed by atoms with Crippen molar-refractivity contribution in [1.29, 1.82) is 0 Å². The Kier molecular flexibility index (Phi) is 5.63. The number of nitrogens with zero attached hydrogens (tertiary/aromatic N) is 1. The van der Waals surface area contributed by atoms with Gasteiger partial charge in [-0.15, -0.1) is 0 Å². The van der Waals surface area contributed by atoms with Crippen LogP contribution in [0.3, 0.4) is 0 Å². The molecule has 7 heteroatoms. The van der Waals surface area contributed by atoms with E-state index in [0.29, 0.717) is 26.4 Å². The number of benzene rings is 2. The van der Waals surface area contributed by atoms with Crippen LogP contribution >= 0.6 is 27.5 Å². The van der Waals surface area contributed by atoms with E-state index in [-0.39, 0.29) is 11.7 Å². The van der Waals surface area contributed by atoms with Crippen molar-refractivity contribution in [2.75, 3.05) is 7.11 Å². The monoisotopic (exact) mass is 396 g/mol. The molecule has 0 radical (unpaired) electrons. The first kappa shape index (κ1) is 17.3. The molecule has 2 aromatic rings. The minimum Gasteiger partial charge on any atom is -0.506 e. The molecule has 0 heterocycles. The zero-order valence-corrected chi connectivity index (χ0v) is 14.8. The fraction of sp³-hybridized carbons (Fsp3) is 0.125. The van der Waals surface area contributed by atoms with Crippen molar-refractivity contribution in [2.45, 2.75) is 6.92 Å². The second-order valence-electron chi connectivity index (χ2n) is 4.66. The van der Waals surface area contributed by atoms with Crippen LogP contribution in [0.2, 0.25) is 5.02 Å². The number of carbonyl (C=O) groups is 1. The van der Waals surface area contributed by atoms with Crippen molar-refractivity contribution in [3.8, 4) is 11.5 Å². The van der Waals surface area contributed by atoms with E-state index in [2.05, 4.69) is 26.5 Å². The molecule has 0 unspecified atom stereocenters. The molecule has 0 fully saturated rings. The topological polar surface area (TPSA) is 70.9 Å². The molecule has 0 aliphatic carbocycles. The number of methoxy groups -OCH3 is 1. The minimum absolute atomic E-state index is 0.00930. The number of hydrogen-bond acceptors (Lipinski definition) is 4. The number of halogens is 2. The molecule has 0 aliphatic heterocycles. The first-order valence-electron chi connectivity index (χ1n) is 6.59. The third-order valence-corrected chi connectivity index (χ3v) is 4.00. The van der Waals surface area contributed by atoms with Gasteiger partial charge in [0.1, 0.15) is 11.5 Å². The fourth-order valence-electron chi connectivity index (χ4n) is 1.99. The molecule has 5 nitrogen and oxygen atoms in total. The van der Waals surface area contributed by atoms with Crippen molar-refractivity contribution in [1.82, 2.24) is 5.43 Å². The third kappa shape index (κ3) is 4.03. The second-order valence-corrected chi connectivity index (χ2v) is 5.95. The zero-order valence-electron chi connectivity index (χ0n) is 12.4. The van der Waals surface area contributed by atoms with Crippen molar-refractivity contribution >= 4 is 39.7 Å². The number of phenols is 1. The molecule has 0 spiro atoms. The molecule has 0 aliphatic rings. The fourth-order valence-corrected chi connectivity index (χ4v) is 2.82. The van der Waals surface area contributed by atoms with Gasteiger partial charge in [0.15, 0.2) is 0 Å². The minimum atomic E-state index is -0.377. The number of hydrazone groups is 1. The van der Waals surface area contributed by atoms with Crippen molar-refractivity contribution in [2.24, 2.45) is 5.10 Å². The normalized spacial score (nSPS) is 10.8. The summed E-state index contributed by atoms with van der Waals surface area (Å²) in [5, 5.41) is 14.2. The lowest BCUT2D eigenvalue weighted by Gasteiger charge is -2.08. The van der Waals surface area contributed by atoms with Crippen molar-refractivity contribution in [3.05, 3.63) is 56.5 Å². The number of nitrogens with one attached hydrogen (secondary N) is 1. The van der Waals surface area contributed by atoms with Gasteiger partial charge in [0, 0.05) is 21.7 Å². The molecule has 120 valence electrons. The molecule has 2 N–H and O–H groups in total. The van der Waals surface area contributed by atoms with Gasteiger partial charge in [-0.05, 0) is 47.1 Å². The maximum atomic E-state index is 12.2. The van der Waals surface area contributed by atoms with Gasteiger partial charge < -0.3 is 9.84 Å². The number of rotatable bonds is 4. The largest absolute Gasteiger partial charge is 0.506 e. The van der Waals surface area contributed by atoms with Crippen molar-refractivity contribution in [3.63, 3.8) is 0 Å². The molecule has 0 saturated heterocycles. The average molecular weight is 398 g/mol. The molecule has 0 atom stereocenters. The molecular formula is C16H14BrClN2O3. The number of amides is 1. The summed E-state index contributed by atoms with van der Waals surface area (Å²) in [6, 6.07) is 8.28. The van der Waals surface area contributed by atoms with Crippen LogP contribution in [0.25, 0.3) is 0 Å². The quantitative estimate of drug-likeness (QED) is 0.607. The SMILES string of the molecule is COc1cccc(C(=O)N/N=C/c2cc(Cl)cc(Br)c2O)c1C. The summed E-state index contributed by atoms with van der Waals surface area (Å²) >= 11 is 9.09. The van der Waals surface area contributed by atoms with E-state index in [1.54, 1.807) is 38.3 Å². The van der Waals surface area contributed by atoms with Crippen LogP contribution in [-0.2, 0) is 0 Å². The Labute approximate surface area is 147 Å². The van der Waals surface area contributed by atoms with Gasteiger partial charge in [0.2, 0.25) is 0 Å². The van der Waals surface area contributed by atoms with Crippen LogP contribution in [-0.4, -0.2) is 24.3 Å². The summed E-state index contributed by atoms with van der Waals surface area (Å²) < 4.78 is 5.63. The molecular weight excluding hydrogens is 384 g/mol. The summed E-state index contributed by atoms with van der Waals surface area (Å²) in [6.07, 6.45) is 1.32. The predicted molar refractivity (Wildman–Crippen MR) is 93.6 cm³/mol. The first-order chi connectivity index (χ1) is 10.9. The van der Waals surface area contributed by atoms with Gasteiger partial charge in [0.25, 0.3) is 5.91 Å². The Morgan fingerprint density at radius 1 is 1.43 bits per heavy atom. The molecule has 0 saturated carbocycles. The van der Waals surface area contributed by atoms with E-state index >= 15 is 0 Å². The molecule has 2 aromatic carbocycles. The molecule has 2 rings (SSSR count). The summed E-state index contributed by atoms with van der Waals surface area (Å²) in [5.41, 5.74) is 3.97. The van der Waals surface area contributed by atoms with E-state index < -0.39 is 0 Å². The summed E-state index contributed by atoms with van der Waals surface area (Å²) in [5.74, 6) is 0.237. The zero-order chi connectivity index (χ0) is 17.0. The summed E-state index contributed by atoms with van der Waals surface area (Å²) in [6.45, 7) is 1.79. The number of phenolic OH excluding ortho intramolecular Hbond substituents is 1. The highest BCUT2D eigenvalue weighted by Crippen LogP contribution is 2.30. The first-order valence-corrected chi connectivity index (χ1v) is 7.76. The third-order valence-electron chi connectivity index (χ3n) is 3.18. The van der Waals surface area contributed by atoms with Crippen LogP contribution in [0.15, 0.2) is 39.9 Å². The highest BCUT2D eigenvalue weighted by molar-refractivity contribution is 9.10. The molecule has 23 heavy (non-hydrogen) atoms. The molecule has 1 amide bonds. The van der Waals surface area contributed by atoms with Crippen LogP contribution in [0.5, 0.6) is 11.5 Å². The Morgan fingerprint density at radius 3 is 2.87 bits per heavy atom. The highest BCUT2D eigenvalue weighted by Gasteiger charge is 2.11. The van der Waals surface area contributed by atoms with E-state index in [1.807, 2.05) is 0 Å². The Bertz CT molecular complexity index is 778. The van der Waals surface area contributed by atoms with E-state index in [0.717, 1.165) is 5.56 Å². The standard InChI is InChI=1S/C16H14BrClN2O3/c1-9-12(4-3-5-14(9)23-2)16(22)20-19-8-10-6-11(18)7-13(17)15(10)21/h3-8,21H,1-2H3,(H,20,22)/b19-8+. The number of aromatic hydroxyl groups is 1. The maximum absolute atomic E-state index is 12.2. The van der Waals surface area contributed by atoms with E-state index in [1.165, 1.54) is 12.3 Å². The summed E-state index contributed by atoms with van der Waals surface area (Å²) in [7, 11) is 1.54. The van der Waals surface area contributed by atoms with Gasteiger partial charge in [-0.2, -0.15) is 5.10 Å².